The van der Waals surface area contributed by atoms with Crippen molar-refractivity contribution in [3.63, 3.8) is 0 Å². The van der Waals surface area contributed by atoms with Gasteiger partial charge in [-0.2, -0.15) is 0 Å². The van der Waals surface area contributed by atoms with Crippen LogP contribution in [-0.4, -0.2) is 23.1 Å². The molecule has 1 saturated carbocycles. The van der Waals surface area contributed by atoms with Gasteiger partial charge in [0, 0.05) is 30.7 Å². The van der Waals surface area contributed by atoms with Crippen LogP contribution < -0.4 is 10.2 Å². The molecule has 2 aromatic heterocycles. The molecule has 1 N–H and O–H groups in total. The van der Waals surface area contributed by atoms with E-state index in [1.807, 2.05) is 18.3 Å². The van der Waals surface area contributed by atoms with Crippen molar-refractivity contribution in [2.24, 2.45) is 0 Å². The summed E-state index contributed by atoms with van der Waals surface area (Å²) in [5.41, 5.74) is 2.31. The lowest BCUT2D eigenvalue weighted by Gasteiger charge is -2.14. The van der Waals surface area contributed by atoms with Crippen molar-refractivity contribution in [2.75, 3.05) is 11.9 Å². The predicted molar refractivity (Wildman–Crippen MR) is 87.7 cm³/mol. The number of thiazole rings is 1. The summed E-state index contributed by atoms with van der Waals surface area (Å²) in [5.74, 6) is 0. The van der Waals surface area contributed by atoms with Gasteiger partial charge in [-0.05, 0) is 31.4 Å². The molecule has 0 radical (unpaired) electrons. The number of hydrogen-bond donors (Lipinski definition) is 1. The summed E-state index contributed by atoms with van der Waals surface area (Å²) >= 11 is 1.81. The molecule has 5 heteroatoms. The lowest BCUT2D eigenvalue weighted by atomic mass is 10.3. The van der Waals surface area contributed by atoms with E-state index in [-0.39, 0.29) is 0 Å². The summed E-state index contributed by atoms with van der Waals surface area (Å²) in [6.07, 6.45) is 5.49. The Morgan fingerprint density at radius 2 is 2.24 bits per heavy atom. The van der Waals surface area contributed by atoms with Crippen molar-refractivity contribution in [1.82, 2.24) is 15.3 Å². The van der Waals surface area contributed by atoms with E-state index in [1.54, 1.807) is 11.3 Å². The fourth-order valence-corrected chi connectivity index (χ4v) is 3.33. The molecule has 1 fully saturated rings. The molecule has 2 aromatic rings. The summed E-state index contributed by atoms with van der Waals surface area (Å²) in [4.78, 5) is 12.8. The maximum Gasteiger partial charge on any atom is 0.185 e. The standard InChI is InChI=1S/C16H22N4S/c1-3-14-15(10-18-12-7-8-12)21-16(19-14)20(2)11-13-6-4-5-9-17-13/h4-6,9,12,18H,3,7-8,10-11H2,1-2H3. The first-order valence-corrected chi connectivity index (χ1v) is 8.41. The second kappa shape index (κ2) is 6.54. The number of nitrogens with one attached hydrogen (secondary N) is 1. The number of aryl methyl sites for hydroxylation is 1. The average molecular weight is 302 g/mol. The Kier molecular flexibility index (Phi) is 4.51. The van der Waals surface area contributed by atoms with Gasteiger partial charge in [0.15, 0.2) is 5.13 Å². The van der Waals surface area contributed by atoms with Gasteiger partial charge >= 0.3 is 0 Å². The fraction of sp³-hybridized carbons (Fsp3) is 0.500. The van der Waals surface area contributed by atoms with Crippen LogP contribution in [0, 0.1) is 0 Å². The topological polar surface area (TPSA) is 41.1 Å². The van der Waals surface area contributed by atoms with E-state index in [1.165, 1.54) is 23.4 Å². The Bertz CT molecular complexity index is 577. The first kappa shape index (κ1) is 14.5. The largest absolute Gasteiger partial charge is 0.345 e. The Balaban J connectivity index is 1.68. The third-order valence-electron chi connectivity index (χ3n) is 3.68. The van der Waals surface area contributed by atoms with Gasteiger partial charge in [0.2, 0.25) is 0 Å². The van der Waals surface area contributed by atoms with Gasteiger partial charge in [-0.25, -0.2) is 4.98 Å². The van der Waals surface area contributed by atoms with Gasteiger partial charge < -0.3 is 10.2 Å². The van der Waals surface area contributed by atoms with Crippen molar-refractivity contribution in [1.29, 1.82) is 0 Å². The molecule has 2 heterocycles. The molecule has 0 aromatic carbocycles. The van der Waals surface area contributed by atoms with Gasteiger partial charge in [-0.1, -0.05) is 13.0 Å². The van der Waals surface area contributed by atoms with E-state index in [0.29, 0.717) is 0 Å². The van der Waals surface area contributed by atoms with E-state index in [9.17, 15) is 0 Å². The molecular weight excluding hydrogens is 280 g/mol. The summed E-state index contributed by atoms with van der Waals surface area (Å²) in [7, 11) is 2.09. The monoisotopic (exact) mass is 302 g/mol. The third-order valence-corrected chi connectivity index (χ3v) is 4.89. The average Bonchev–Trinajstić information content (AvgIpc) is 3.24. The van der Waals surface area contributed by atoms with Crippen LogP contribution in [0.4, 0.5) is 5.13 Å². The van der Waals surface area contributed by atoms with E-state index < -0.39 is 0 Å². The van der Waals surface area contributed by atoms with Crippen LogP contribution in [-0.2, 0) is 19.5 Å². The normalized spacial score (nSPS) is 14.4. The summed E-state index contributed by atoms with van der Waals surface area (Å²) in [6.45, 7) is 3.94. The number of rotatable bonds is 7. The molecule has 3 rings (SSSR count). The molecule has 0 atom stereocenters. The SMILES string of the molecule is CCc1nc(N(C)Cc2ccccn2)sc1CNC1CC1. The predicted octanol–water partition coefficient (Wildman–Crippen LogP) is 2.99. The third kappa shape index (κ3) is 3.80. The lowest BCUT2D eigenvalue weighted by Crippen LogP contribution is -2.16. The van der Waals surface area contributed by atoms with Crippen molar-refractivity contribution in [3.8, 4) is 0 Å². The zero-order valence-corrected chi connectivity index (χ0v) is 13.5. The van der Waals surface area contributed by atoms with Gasteiger partial charge in [-0.3, -0.25) is 4.98 Å². The molecule has 0 bridgehead atoms. The first-order chi connectivity index (χ1) is 10.3. The quantitative estimate of drug-likeness (QED) is 0.853. The molecule has 0 aliphatic heterocycles. The zero-order valence-electron chi connectivity index (χ0n) is 12.7. The second-order valence-corrected chi connectivity index (χ2v) is 6.61. The second-order valence-electron chi connectivity index (χ2n) is 5.55. The van der Waals surface area contributed by atoms with Crippen LogP contribution in [0.15, 0.2) is 24.4 Å². The van der Waals surface area contributed by atoms with Crippen LogP contribution in [0.2, 0.25) is 0 Å². The summed E-state index contributed by atoms with van der Waals surface area (Å²) in [5, 5.41) is 4.68. The first-order valence-electron chi connectivity index (χ1n) is 7.59. The smallest absolute Gasteiger partial charge is 0.185 e. The maximum absolute atomic E-state index is 4.80. The van der Waals surface area contributed by atoms with Crippen molar-refractivity contribution in [2.45, 2.75) is 45.3 Å². The molecule has 0 unspecified atom stereocenters. The van der Waals surface area contributed by atoms with Gasteiger partial charge in [0.25, 0.3) is 0 Å². The van der Waals surface area contributed by atoms with Crippen molar-refractivity contribution < 1.29 is 0 Å². The Morgan fingerprint density at radius 1 is 1.38 bits per heavy atom. The fourth-order valence-electron chi connectivity index (χ4n) is 2.27. The van der Waals surface area contributed by atoms with Crippen molar-refractivity contribution in [3.05, 3.63) is 40.7 Å². The van der Waals surface area contributed by atoms with Crippen molar-refractivity contribution >= 4 is 16.5 Å². The highest BCUT2D eigenvalue weighted by Crippen LogP contribution is 2.28. The van der Waals surface area contributed by atoms with E-state index >= 15 is 0 Å². The minimum atomic E-state index is 0.742. The highest BCUT2D eigenvalue weighted by atomic mass is 32.1. The molecule has 21 heavy (non-hydrogen) atoms. The van der Waals surface area contributed by atoms with Gasteiger partial charge in [0.05, 0.1) is 17.9 Å². The van der Waals surface area contributed by atoms with E-state index in [4.69, 9.17) is 4.98 Å². The number of pyridine rings is 1. The number of anilines is 1. The zero-order chi connectivity index (χ0) is 14.7. The van der Waals surface area contributed by atoms with E-state index in [0.717, 1.165) is 36.4 Å². The van der Waals surface area contributed by atoms with Crippen LogP contribution in [0.1, 0.15) is 36.0 Å². The molecule has 4 nitrogen and oxygen atoms in total. The molecule has 1 aliphatic rings. The lowest BCUT2D eigenvalue weighted by molar-refractivity contribution is 0.689. The maximum atomic E-state index is 4.80. The minimum absolute atomic E-state index is 0.742. The summed E-state index contributed by atoms with van der Waals surface area (Å²) in [6, 6.07) is 6.77. The highest BCUT2D eigenvalue weighted by Gasteiger charge is 2.21. The Hall–Kier alpha value is -1.46. The highest BCUT2D eigenvalue weighted by molar-refractivity contribution is 7.15. The van der Waals surface area contributed by atoms with Gasteiger partial charge in [0.1, 0.15) is 0 Å². The molecule has 112 valence electrons. The number of nitrogens with zero attached hydrogens (tertiary/aromatic N) is 3. The molecule has 1 aliphatic carbocycles. The molecule has 0 saturated heterocycles. The Labute approximate surface area is 130 Å². The van der Waals surface area contributed by atoms with Crippen LogP contribution in [0.5, 0.6) is 0 Å². The minimum Gasteiger partial charge on any atom is -0.345 e. The van der Waals surface area contributed by atoms with Crippen LogP contribution >= 0.6 is 11.3 Å². The summed E-state index contributed by atoms with van der Waals surface area (Å²) < 4.78 is 0. The number of hydrogen-bond acceptors (Lipinski definition) is 5. The van der Waals surface area contributed by atoms with Gasteiger partial charge in [-0.15, -0.1) is 11.3 Å². The number of aromatic nitrogens is 2. The Morgan fingerprint density at radius 3 is 2.90 bits per heavy atom. The van der Waals surface area contributed by atoms with Crippen LogP contribution in [0.3, 0.4) is 0 Å². The molecule has 0 spiro atoms. The molecular formula is C16H22N4S. The van der Waals surface area contributed by atoms with E-state index in [2.05, 4.69) is 35.2 Å². The van der Waals surface area contributed by atoms with Crippen LogP contribution in [0.25, 0.3) is 0 Å². The molecule has 0 amide bonds.